The first-order valence-electron chi connectivity index (χ1n) is 5.66. The molecule has 0 unspecified atom stereocenters. The van der Waals surface area contributed by atoms with Crippen molar-refractivity contribution in [3.05, 3.63) is 29.3 Å². The summed E-state index contributed by atoms with van der Waals surface area (Å²) in [6.45, 7) is 1.96. The third-order valence-electron chi connectivity index (χ3n) is 3.37. The second-order valence-corrected chi connectivity index (χ2v) is 6.39. The van der Waals surface area contributed by atoms with Gasteiger partial charge in [-0.25, -0.2) is 13.6 Å². The molecule has 5 heteroatoms. The third-order valence-corrected chi connectivity index (χ3v) is 4.28. The topological polar surface area (TPSA) is 80.4 Å². The molecule has 0 bridgehead atoms. The van der Waals surface area contributed by atoms with E-state index in [1.807, 2.05) is 6.92 Å². The Morgan fingerprint density at radius 1 is 1.41 bits per heavy atom. The SMILES string of the molecule is Cc1ccc(S(N)(=O)=O)cc1C[C@H]1C[C@@H](O)C1. The Morgan fingerprint density at radius 3 is 2.59 bits per heavy atom. The zero-order valence-electron chi connectivity index (χ0n) is 9.76. The number of benzene rings is 1. The molecule has 1 aromatic carbocycles. The van der Waals surface area contributed by atoms with Gasteiger partial charge in [0, 0.05) is 0 Å². The largest absolute Gasteiger partial charge is 0.393 e. The van der Waals surface area contributed by atoms with Crippen LogP contribution in [0.4, 0.5) is 0 Å². The van der Waals surface area contributed by atoms with Gasteiger partial charge in [-0.3, -0.25) is 0 Å². The minimum atomic E-state index is -3.63. The van der Waals surface area contributed by atoms with Gasteiger partial charge < -0.3 is 5.11 Å². The van der Waals surface area contributed by atoms with Crippen LogP contribution in [0.2, 0.25) is 0 Å². The maximum Gasteiger partial charge on any atom is 0.238 e. The number of aliphatic hydroxyl groups excluding tert-OH is 1. The minimum absolute atomic E-state index is 0.165. The van der Waals surface area contributed by atoms with E-state index in [1.54, 1.807) is 12.1 Å². The van der Waals surface area contributed by atoms with Crippen LogP contribution < -0.4 is 5.14 Å². The van der Waals surface area contributed by atoms with Crippen LogP contribution in [-0.2, 0) is 16.4 Å². The van der Waals surface area contributed by atoms with Gasteiger partial charge in [0.25, 0.3) is 0 Å². The normalized spacial score (nSPS) is 24.4. The lowest BCUT2D eigenvalue weighted by atomic mass is 9.78. The molecule has 1 aliphatic rings. The second kappa shape index (κ2) is 4.40. The lowest BCUT2D eigenvalue weighted by Gasteiger charge is -2.31. The van der Waals surface area contributed by atoms with Gasteiger partial charge in [-0.1, -0.05) is 6.07 Å². The Labute approximate surface area is 102 Å². The van der Waals surface area contributed by atoms with Crippen molar-refractivity contribution in [2.45, 2.75) is 37.2 Å². The quantitative estimate of drug-likeness (QED) is 0.844. The first-order valence-corrected chi connectivity index (χ1v) is 7.21. The Kier molecular flexibility index (Phi) is 3.25. The van der Waals surface area contributed by atoms with Gasteiger partial charge in [0.2, 0.25) is 10.0 Å². The molecule has 0 spiro atoms. The van der Waals surface area contributed by atoms with Crippen LogP contribution in [0.3, 0.4) is 0 Å². The lowest BCUT2D eigenvalue weighted by Crippen LogP contribution is -2.30. The first kappa shape index (κ1) is 12.5. The van der Waals surface area contributed by atoms with Crippen LogP contribution in [0.5, 0.6) is 0 Å². The summed E-state index contributed by atoms with van der Waals surface area (Å²) in [5, 5.41) is 14.3. The highest BCUT2D eigenvalue weighted by atomic mass is 32.2. The lowest BCUT2D eigenvalue weighted by molar-refractivity contribution is 0.0431. The molecule has 0 aromatic heterocycles. The zero-order valence-corrected chi connectivity index (χ0v) is 10.6. The summed E-state index contributed by atoms with van der Waals surface area (Å²) in [5.74, 6) is 0.458. The summed E-state index contributed by atoms with van der Waals surface area (Å²) in [6, 6.07) is 4.96. The minimum Gasteiger partial charge on any atom is -0.393 e. The number of aryl methyl sites for hydroxylation is 1. The molecule has 0 heterocycles. The number of nitrogens with two attached hydrogens (primary N) is 1. The van der Waals surface area contributed by atoms with Gasteiger partial charge >= 0.3 is 0 Å². The van der Waals surface area contributed by atoms with E-state index in [0.717, 1.165) is 30.4 Å². The molecule has 1 fully saturated rings. The standard InChI is InChI=1S/C12H17NO3S/c1-8-2-3-12(17(13,15)16)7-10(8)4-9-5-11(14)6-9/h2-3,7,9,11,14H,4-6H2,1H3,(H2,13,15,16)/t9-,11+. The molecule has 1 saturated carbocycles. The summed E-state index contributed by atoms with van der Waals surface area (Å²) < 4.78 is 22.5. The van der Waals surface area contributed by atoms with E-state index in [0.29, 0.717) is 5.92 Å². The van der Waals surface area contributed by atoms with E-state index in [4.69, 9.17) is 5.14 Å². The summed E-state index contributed by atoms with van der Waals surface area (Å²) in [7, 11) is -3.63. The van der Waals surface area contributed by atoms with Crippen molar-refractivity contribution in [3.63, 3.8) is 0 Å². The van der Waals surface area contributed by atoms with Crippen molar-refractivity contribution >= 4 is 10.0 Å². The number of sulfonamides is 1. The Morgan fingerprint density at radius 2 is 2.06 bits per heavy atom. The number of hydrogen-bond acceptors (Lipinski definition) is 3. The van der Waals surface area contributed by atoms with E-state index in [2.05, 4.69) is 0 Å². The van der Waals surface area contributed by atoms with Gasteiger partial charge in [-0.15, -0.1) is 0 Å². The average Bonchev–Trinajstić information content (AvgIpc) is 2.17. The number of primary sulfonamides is 1. The third kappa shape index (κ3) is 2.86. The highest BCUT2D eigenvalue weighted by Gasteiger charge is 2.27. The van der Waals surface area contributed by atoms with Gasteiger partial charge in [-0.2, -0.15) is 0 Å². The van der Waals surface area contributed by atoms with Crippen molar-refractivity contribution in [2.75, 3.05) is 0 Å². The zero-order chi connectivity index (χ0) is 12.6. The summed E-state index contributed by atoms with van der Waals surface area (Å²) in [6.07, 6.45) is 2.24. The predicted octanol–water partition coefficient (Wildman–Crippen LogP) is 0.956. The predicted molar refractivity (Wildman–Crippen MR) is 65.0 cm³/mol. The highest BCUT2D eigenvalue weighted by molar-refractivity contribution is 7.89. The second-order valence-electron chi connectivity index (χ2n) is 4.83. The Balaban J connectivity index is 2.21. The molecule has 3 N–H and O–H groups in total. The summed E-state index contributed by atoms with van der Waals surface area (Å²) >= 11 is 0. The Hall–Kier alpha value is -0.910. The van der Waals surface area contributed by atoms with Gasteiger partial charge in [0.15, 0.2) is 0 Å². The molecule has 0 aliphatic heterocycles. The fourth-order valence-electron chi connectivity index (χ4n) is 2.22. The number of rotatable bonds is 3. The van der Waals surface area contributed by atoms with Crippen LogP contribution in [0, 0.1) is 12.8 Å². The Bertz CT molecular complexity index is 519. The molecule has 17 heavy (non-hydrogen) atoms. The highest BCUT2D eigenvalue weighted by Crippen LogP contribution is 2.31. The van der Waals surface area contributed by atoms with Crippen molar-refractivity contribution in [2.24, 2.45) is 11.1 Å². The van der Waals surface area contributed by atoms with E-state index < -0.39 is 10.0 Å². The molecule has 2 rings (SSSR count). The van der Waals surface area contributed by atoms with Crippen LogP contribution in [0.1, 0.15) is 24.0 Å². The maximum atomic E-state index is 11.3. The average molecular weight is 255 g/mol. The molecule has 94 valence electrons. The van der Waals surface area contributed by atoms with Crippen molar-refractivity contribution in [3.8, 4) is 0 Å². The van der Waals surface area contributed by atoms with E-state index >= 15 is 0 Å². The molecule has 0 saturated heterocycles. The number of aliphatic hydroxyl groups is 1. The molecule has 0 amide bonds. The maximum absolute atomic E-state index is 11.3. The van der Waals surface area contributed by atoms with Crippen LogP contribution in [0.15, 0.2) is 23.1 Å². The number of hydrogen-bond donors (Lipinski definition) is 2. The van der Waals surface area contributed by atoms with Gasteiger partial charge in [0.1, 0.15) is 0 Å². The van der Waals surface area contributed by atoms with E-state index in [9.17, 15) is 13.5 Å². The molecule has 0 atom stereocenters. The molecular formula is C12H17NO3S. The molecule has 1 aliphatic carbocycles. The van der Waals surface area contributed by atoms with Gasteiger partial charge in [-0.05, 0) is 55.4 Å². The van der Waals surface area contributed by atoms with Crippen LogP contribution in [-0.4, -0.2) is 19.6 Å². The van der Waals surface area contributed by atoms with Crippen LogP contribution >= 0.6 is 0 Å². The molecule has 4 nitrogen and oxygen atoms in total. The van der Waals surface area contributed by atoms with E-state index in [1.165, 1.54) is 6.07 Å². The van der Waals surface area contributed by atoms with Crippen LogP contribution in [0.25, 0.3) is 0 Å². The molecule has 1 aromatic rings. The fraction of sp³-hybridized carbons (Fsp3) is 0.500. The first-order chi connectivity index (χ1) is 7.86. The van der Waals surface area contributed by atoms with Crippen molar-refractivity contribution in [1.29, 1.82) is 0 Å². The van der Waals surface area contributed by atoms with Gasteiger partial charge in [0.05, 0.1) is 11.0 Å². The molecule has 0 radical (unpaired) electrons. The monoisotopic (exact) mass is 255 g/mol. The molecular weight excluding hydrogens is 238 g/mol. The van der Waals surface area contributed by atoms with Crippen molar-refractivity contribution < 1.29 is 13.5 Å². The summed E-state index contributed by atoms with van der Waals surface area (Å²) in [5.41, 5.74) is 2.08. The fourth-order valence-corrected chi connectivity index (χ4v) is 2.79. The smallest absolute Gasteiger partial charge is 0.238 e. The summed E-state index contributed by atoms with van der Waals surface area (Å²) in [4.78, 5) is 0.165. The van der Waals surface area contributed by atoms with E-state index in [-0.39, 0.29) is 11.0 Å². The van der Waals surface area contributed by atoms with Crippen molar-refractivity contribution in [1.82, 2.24) is 0 Å².